The predicted molar refractivity (Wildman–Crippen MR) is 78.4 cm³/mol. The van der Waals surface area contributed by atoms with Gasteiger partial charge in [0, 0.05) is 17.5 Å². The van der Waals surface area contributed by atoms with Crippen LogP contribution >= 0.6 is 0 Å². The van der Waals surface area contributed by atoms with Crippen molar-refractivity contribution in [2.24, 2.45) is 0 Å². The maximum absolute atomic E-state index is 14.0. The fraction of sp³-hybridized carbons (Fsp3) is 0.0556. The largest absolute Gasteiger partial charge is 0.294 e. The summed E-state index contributed by atoms with van der Waals surface area (Å²) in [6.07, 6.45) is 0.0806. The lowest BCUT2D eigenvalue weighted by atomic mass is 9.97. The van der Waals surface area contributed by atoms with Crippen molar-refractivity contribution >= 4 is 16.6 Å². The van der Waals surface area contributed by atoms with E-state index in [-0.39, 0.29) is 18.0 Å². The zero-order valence-electron chi connectivity index (χ0n) is 10.8. The predicted octanol–water partition coefficient (Wildman–Crippen LogP) is 4.40. The summed E-state index contributed by atoms with van der Waals surface area (Å²) >= 11 is 0. The van der Waals surface area contributed by atoms with Gasteiger partial charge in [-0.05, 0) is 16.8 Å². The van der Waals surface area contributed by atoms with E-state index in [0.717, 1.165) is 10.8 Å². The minimum atomic E-state index is -0.326. The summed E-state index contributed by atoms with van der Waals surface area (Å²) in [7, 11) is 0. The molecule has 3 rings (SSSR count). The summed E-state index contributed by atoms with van der Waals surface area (Å²) in [4.78, 5) is 12.2. The van der Waals surface area contributed by atoms with Crippen LogP contribution in [0.25, 0.3) is 10.8 Å². The third kappa shape index (κ3) is 2.32. The fourth-order valence-corrected chi connectivity index (χ4v) is 2.38. The topological polar surface area (TPSA) is 17.1 Å². The molecule has 20 heavy (non-hydrogen) atoms. The number of ketones is 1. The molecular formula is C18H13FO. The number of carbonyl (C=O) groups excluding carboxylic acids is 1. The van der Waals surface area contributed by atoms with E-state index < -0.39 is 0 Å². The highest BCUT2D eigenvalue weighted by atomic mass is 19.1. The Morgan fingerprint density at radius 3 is 2.35 bits per heavy atom. The first-order chi connectivity index (χ1) is 9.75. The van der Waals surface area contributed by atoms with E-state index in [2.05, 4.69) is 0 Å². The quantitative estimate of drug-likeness (QED) is 0.641. The summed E-state index contributed by atoms with van der Waals surface area (Å²) in [6, 6.07) is 19.7. The van der Waals surface area contributed by atoms with Gasteiger partial charge in [-0.15, -0.1) is 0 Å². The minimum absolute atomic E-state index is 0.0687. The molecule has 0 fully saturated rings. The highest BCUT2D eigenvalue weighted by Gasteiger charge is 2.13. The Bertz CT molecular complexity index is 763. The number of fused-ring (bicyclic) bond motifs is 1. The molecule has 0 aliphatic carbocycles. The number of carbonyl (C=O) groups is 1. The van der Waals surface area contributed by atoms with E-state index in [0.29, 0.717) is 11.1 Å². The van der Waals surface area contributed by atoms with Crippen LogP contribution in [0, 0.1) is 5.82 Å². The molecule has 0 unspecified atom stereocenters. The number of hydrogen-bond donors (Lipinski definition) is 0. The van der Waals surface area contributed by atoms with Crippen LogP contribution in [-0.2, 0) is 6.42 Å². The summed E-state index contributed by atoms with van der Waals surface area (Å²) in [5.41, 5.74) is 1.08. The van der Waals surface area contributed by atoms with Crippen molar-refractivity contribution < 1.29 is 9.18 Å². The second kappa shape index (κ2) is 5.25. The van der Waals surface area contributed by atoms with Crippen molar-refractivity contribution in [2.45, 2.75) is 6.42 Å². The lowest BCUT2D eigenvalue weighted by molar-refractivity contribution is 0.0992. The van der Waals surface area contributed by atoms with Crippen LogP contribution in [0.15, 0.2) is 66.7 Å². The van der Waals surface area contributed by atoms with Crippen molar-refractivity contribution in [3.05, 3.63) is 83.7 Å². The van der Waals surface area contributed by atoms with Crippen LogP contribution < -0.4 is 0 Å². The molecule has 0 bridgehead atoms. The van der Waals surface area contributed by atoms with Crippen molar-refractivity contribution in [1.82, 2.24) is 0 Å². The molecule has 3 aromatic rings. The van der Waals surface area contributed by atoms with E-state index in [1.54, 1.807) is 18.2 Å². The molecule has 0 amide bonds. The van der Waals surface area contributed by atoms with Crippen LogP contribution in [0.5, 0.6) is 0 Å². The van der Waals surface area contributed by atoms with Gasteiger partial charge in [0.25, 0.3) is 0 Å². The molecule has 0 aliphatic rings. The molecule has 0 heterocycles. The molecule has 3 aromatic carbocycles. The molecule has 1 nitrogen and oxygen atoms in total. The van der Waals surface area contributed by atoms with Gasteiger partial charge in [0.2, 0.25) is 0 Å². The average Bonchev–Trinajstić information content (AvgIpc) is 2.51. The molecule has 0 aliphatic heterocycles. The molecular weight excluding hydrogens is 251 g/mol. The molecule has 0 atom stereocenters. The molecule has 0 saturated heterocycles. The maximum Gasteiger partial charge on any atom is 0.167 e. The molecule has 0 saturated carbocycles. The summed E-state index contributed by atoms with van der Waals surface area (Å²) in [5.74, 6) is -0.395. The highest BCUT2D eigenvalue weighted by Crippen LogP contribution is 2.23. The first-order valence-corrected chi connectivity index (χ1v) is 6.50. The standard InChI is InChI=1S/C18H13FO/c19-17-11-10-13-6-4-5-9-15(13)16(17)12-18(20)14-7-2-1-3-8-14/h1-11H,12H2. The van der Waals surface area contributed by atoms with Gasteiger partial charge < -0.3 is 0 Å². The maximum atomic E-state index is 14.0. The monoisotopic (exact) mass is 264 g/mol. The number of hydrogen-bond acceptors (Lipinski definition) is 1. The van der Waals surface area contributed by atoms with E-state index in [4.69, 9.17) is 0 Å². The molecule has 0 N–H and O–H groups in total. The normalized spacial score (nSPS) is 10.7. The van der Waals surface area contributed by atoms with Crippen molar-refractivity contribution in [1.29, 1.82) is 0 Å². The molecule has 0 spiro atoms. The van der Waals surface area contributed by atoms with Crippen LogP contribution in [0.4, 0.5) is 4.39 Å². The summed E-state index contributed by atoms with van der Waals surface area (Å²) in [6.45, 7) is 0. The van der Waals surface area contributed by atoms with Crippen LogP contribution in [0.1, 0.15) is 15.9 Å². The van der Waals surface area contributed by atoms with Gasteiger partial charge in [-0.2, -0.15) is 0 Å². The van der Waals surface area contributed by atoms with Gasteiger partial charge in [0.15, 0.2) is 5.78 Å². The van der Waals surface area contributed by atoms with Crippen LogP contribution in [0.2, 0.25) is 0 Å². The number of halogens is 1. The first kappa shape index (κ1) is 12.5. The van der Waals surface area contributed by atoms with Crippen molar-refractivity contribution in [2.75, 3.05) is 0 Å². The van der Waals surface area contributed by atoms with Crippen molar-refractivity contribution in [3.8, 4) is 0 Å². The second-order valence-electron chi connectivity index (χ2n) is 4.71. The Labute approximate surface area is 116 Å². The lowest BCUT2D eigenvalue weighted by Gasteiger charge is -2.07. The molecule has 0 aromatic heterocycles. The van der Waals surface area contributed by atoms with Crippen LogP contribution in [-0.4, -0.2) is 5.78 Å². The van der Waals surface area contributed by atoms with E-state index in [1.807, 2.05) is 42.5 Å². The fourth-order valence-electron chi connectivity index (χ4n) is 2.38. The Morgan fingerprint density at radius 1 is 0.850 bits per heavy atom. The third-order valence-electron chi connectivity index (χ3n) is 3.42. The zero-order chi connectivity index (χ0) is 13.9. The van der Waals surface area contributed by atoms with Gasteiger partial charge >= 0.3 is 0 Å². The van der Waals surface area contributed by atoms with Gasteiger partial charge in [0.05, 0.1) is 0 Å². The number of rotatable bonds is 3. The van der Waals surface area contributed by atoms with Gasteiger partial charge in [-0.25, -0.2) is 4.39 Å². The van der Waals surface area contributed by atoms with Crippen molar-refractivity contribution in [3.63, 3.8) is 0 Å². The Hall–Kier alpha value is -2.48. The summed E-state index contributed by atoms with van der Waals surface area (Å²) < 4.78 is 14.0. The van der Waals surface area contributed by atoms with Crippen LogP contribution in [0.3, 0.4) is 0 Å². The van der Waals surface area contributed by atoms with Gasteiger partial charge in [0.1, 0.15) is 5.82 Å². The number of benzene rings is 3. The summed E-state index contributed by atoms with van der Waals surface area (Å²) in [5, 5.41) is 1.75. The Morgan fingerprint density at radius 2 is 1.55 bits per heavy atom. The minimum Gasteiger partial charge on any atom is -0.294 e. The second-order valence-corrected chi connectivity index (χ2v) is 4.71. The lowest BCUT2D eigenvalue weighted by Crippen LogP contribution is -2.05. The van der Waals surface area contributed by atoms with E-state index in [9.17, 15) is 9.18 Å². The molecule has 98 valence electrons. The smallest absolute Gasteiger partial charge is 0.167 e. The first-order valence-electron chi connectivity index (χ1n) is 6.50. The third-order valence-corrected chi connectivity index (χ3v) is 3.42. The zero-order valence-corrected chi connectivity index (χ0v) is 10.8. The van der Waals surface area contributed by atoms with Gasteiger partial charge in [-0.3, -0.25) is 4.79 Å². The van der Waals surface area contributed by atoms with E-state index >= 15 is 0 Å². The molecule has 0 radical (unpaired) electrons. The highest BCUT2D eigenvalue weighted by molar-refractivity contribution is 6.00. The average molecular weight is 264 g/mol. The Balaban J connectivity index is 2.03. The Kier molecular flexibility index (Phi) is 3.30. The van der Waals surface area contributed by atoms with E-state index in [1.165, 1.54) is 6.07 Å². The van der Waals surface area contributed by atoms with Gasteiger partial charge in [-0.1, -0.05) is 60.7 Å². The number of Topliss-reactive ketones (excluding diaryl/α,β-unsaturated/α-hetero) is 1. The SMILES string of the molecule is O=C(Cc1c(F)ccc2ccccc12)c1ccccc1. The molecule has 2 heteroatoms.